The van der Waals surface area contributed by atoms with E-state index in [0.717, 1.165) is 24.2 Å². The number of benzene rings is 1. The Bertz CT molecular complexity index is 1120. The number of nitrogens with one attached hydrogen (secondary N) is 1. The third-order valence-electron chi connectivity index (χ3n) is 5.62. The van der Waals surface area contributed by atoms with Gasteiger partial charge < -0.3 is 14.6 Å². The molecule has 0 bridgehead atoms. The minimum atomic E-state index is -1.25. The first-order chi connectivity index (χ1) is 14.9. The molecule has 3 aromatic rings. The van der Waals surface area contributed by atoms with E-state index in [9.17, 15) is 9.18 Å². The second-order valence-corrected chi connectivity index (χ2v) is 8.22. The van der Waals surface area contributed by atoms with Gasteiger partial charge in [-0.2, -0.15) is 4.98 Å². The molecule has 5 rings (SSSR count). The maximum absolute atomic E-state index is 13.9. The number of alkyl halides is 1. The van der Waals surface area contributed by atoms with Gasteiger partial charge in [-0.1, -0.05) is 11.6 Å². The smallest absolute Gasteiger partial charge is 0.416 e. The summed E-state index contributed by atoms with van der Waals surface area (Å²) in [6.45, 7) is 1.39. The van der Waals surface area contributed by atoms with Gasteiger partial charge in [-0.15, -0.1) is 0 Å². The summed E-state index contributed by atoms with van der Waals surface area (Å²) in [6.07, 6.45) is 5.14. The lowest BCUT2D eigenvalue weighted by molar-refractivity contribution is 0.174. The summed E-state index contributed by atoms with van der Waals surface area (Å²) in [6, 6.07) is 8.36. The molecule has 31 heavy (non-hydrogen) atoms. The van der Waals surface area contributed by atoms with Crippen molar-refractivity contribution in [2.45, 2.75) is 37.5 Å². The summed E-state index contributed by atoms with van der Waals surface area (Å²) in [5, 5.41) is 4.02. The van der Waals surface area contributed by atoms with Crippen LogP contribution in [0.5, 0.6) is 0 Å². The van der Waals surface area contributed by atoms with E-state index >= 15 is 0 Å². The number of anilines is 2. The summed E-state index contributed by atoms with van der Waals surface area (Å²) < 4.78 is 20.9. The number of hydrogen-bond acceptors (Lipinski definition) is 6. The van der Waals surface area contributed by atoms with Crippen LogP contribution in [0.1, 0.15) is 25.5 Å². The highest BCUT2D eigenvalue weighted by Gasteiger charge is 2.47. The van der Waals surface area contributed by atoms with Gasteiger partial charge in [0.15, 0.2) is 0 Å². The molecule has 1 aliphatic carbocycles. The zero-order valence-corrected chi connectivity index (χ0v) is 17.5. The lowest BCUT2D eigenvalue weighted by atomic mass is 10.2. The first-order valence-electron chi connectivity index (χ1n) is 9.97. The van der Waals surface area contributed by atoms with E-state index in [0.29, 0.717) is 16.8 Å². The molecular weight excluding hydrogens is 423 g/mol. The molecule has 0 unspecified atom stereocenters. The van der Waals surface area contributed by atoms with E-state index < -0.39 is 18.3 Å². The highest BCUT2D eigenvalue weighted by atomic mass is 35.5. The Balaban J connectivity index is 1.38. The van der Waals surface area contributed by atoms with Gasteiger partial charge in [-0.25, -0.2) is 19.2 Å². The van der Waals surface area contributed by atoms with Crippen molar-refractivity contribution in [3.05, 3.63) is 59.8 Å². The molecule has 160 valence electrons. The molecule has 2 aliphatic rings. The second kappa shape index (κ2) is 7.49. The van der Waals surface area contributed by atoms with Crippen molar-refractivity contribution >= 4 is 29.5 Å². The zero-order valence-electron chi connectivity index (χ0n) is 16.7. The van der Waals surface area contributed by atoms with Gasteiger partial charge in [0.1, 0.15) is 24.6 Å². The second-order valence-electron chi connectivity index (χ2n) is 7.78. The molecule has 0 spiro atoms. The van der Waals surface area contributed by atoms with Crippen LogP contribution in [0.25, 0.3) is 5.69 Å². The van der Waals surface area contributed by atoms with Crippen molar-refractivity contribution in [1.82, 2.24) is 19.5 Å². The molecular formula is C21H20ClFN6O2. The molecule has 1 saturated carbocycles. The Morgan fingerprint density at radius 3 is 2.74 bits per heavy atom. The van der Waals surface area contributed by atoms with Gasteiger partial charge in [0.05, 0.1) is 17.6 Å². The molecule has 2 fully saturated rings. The van der Waals surface area contributed by atoms with Crippen LogP contribution >= 0.6 is 11.6 Å². The first-order valence-corrected chi connectivity index (χ1v) is 10.3. The van der Waals surface area contributed by atoms with E-state index in [1.165, 1.54) is 11.8 Å². The van der Waals surface area contributed by atoms with Crippen molar-refractivity contribution in [2.75, 3.05) is 16.8 Å². The third kappa shape index (κ3) is 3.69. The quantitative estimate of drug-likeness (QED) is 0.618. The van der Waals surface area contributed by atoms with E-state index in [1.807, 2.05) is 35.0 Å². The van der Waals surface area contributed by atoms with Gasteiger partial charge in [0.25, 0.3) is 0 Å². The van der Waals surface area contributed by atoms with Crippen molar-refractivity contribution in [1.29, 1.82) is 0 Å². The lowest BCUT2D eigenvalue weighted by Crippen LogP contribution is -2.39. The van der Waals surface area contributed by atoms with Crippen LogP contribution in [0.2, 0.25) is 5.02 Å². The topological polar surface area (TPSA) is 85.2 Å². The van der Waals surface area contributed by atoms with Gasteiger partial charge in [0, 0.05) is 23.1 Å². The number of cyclic esters (lactones) is 1. The van der Waals surface area contributed by atoms with Crippen LogP contribution in [0.3, 0.4) is 0 Å². The molecule has 1 amide bonds. The maximum atomic E-state index is 13.9. The monoisotopic (exact) mass is 442 g/mol. The van der Waals surface area contributed by atoms with Gasteiger partial charge in [-0.3, -0.25) is 4.90 Å². The highest BCUT2D eigenvalue weighted by Crippen LogP contribution is 2.47. The number of carbonyl (C=O) groups excluding carboxylic acids is 1. The number of halogens is 2. The van der Waals surface area contributed by atoms with Crippen molar-refractivity contribution in [2.24, 2.45) is 0 Å². The van der Waals surface area contributed by atoms with E-state index in [2.05, 4.69) is 20.3 Å². The first kappa shape index (κ1) is 19.7. The number of amides is 1. The number of carbonyl (C=O) groups is 1. The average Bonchev–Trinajstić information content (AvgIpc) is 3.18. The van der Waals surface area contributed by atoms with Crippen molar-refractivity contribution in [3.8, 4) is 5.69 Å². The van der Waals surface area contributed by atoms with Gasteiger partial charge >= 0.3 is 6.09 Å². The fourth-order valence-electron chi connectivity index (χ4n) is 3.69. The molecule has 1 aliphatic heterocycles. The lowest BCUT2D eigenvalue weighted by Gasteiger charge is -2.22. The SMILES string of the molecule is C[C@H](F)[C@H]1COC(=O)N1c1ccnc(NC2(c3cn(-c4ccc(Cl)cc4)cn3)CC2)n1. The summed E-state index contributed by atoms with van der Waals surface area (Å²) in [4.78, 5) is 26.7. The number of rotatable bonds is 6. The fraction of sp³-hybridized carbons (Fsp3) is 0.333. The zero-order chi connectivity index (χ0) is 21.6. The van der Waals surface area contributed by atoms with Crippen LogP contribution in [-0.4, -0.2) is 44.4 Å². The molecule has 1 aromatic carbocycles. The number of nitrogens with zero attached hydrogens (tertiary/aromatic N) is 5. The molecule has 8 nitrogen and oxygen atoms in total. The fourth-order valence-corrected chi connectivity index (χ4v) is 3.82. The van der Waals surface area contributed by atoms with Crippen molar-refractivity contribution < 1.29 is 13.9 Å². The Hall–Kier alpha value is -3.20. The predicted octanol–water partition coefficient (Wildman–Crippen LogP) is 4.10. The molecule has 2 aromatic heterocycles. The Morgan fingerprint density at radius 2 is 2.03 bits per heavy atom. The maximum Gasteiger partial charge on any atom is 0.416 e. The summed E-state index contributed by atoms with van der Waals surface area (Å²) in [7, 11) is 0. The molecule has 1 saturated heterocycles. The summed E-state index contributed by atoms with van der Waals surface area (Å²) in [5.74, 6) is 0.651. The van der Waals surface area contributed by atoms with Crippen LogP contribution in [-0.2, 0) is 10.3 Å². The highest BCUT2D eigenvalue weighted by molar-refractivity contribution is 6.30. The Morgan fingerprint density at radius 1 is 1.26 bits per heavy atom. The van der Waals surface area contributed by atoms with E-state index in [4.69, 9.17) is 16.3 Å². The van der Waals surface area contributed by atoms with Gasteiger partial charge in [0.2, 0.25) is 5.95 Å². The molecule has 2 atom stereocenters. The number of imidazole rings is 1. The number of aromatic nitrogens is 4. The summed E-state index contributed by atoms with van der Waals surface area (Å²) >= 11 is 5.97. The molecule has 1 N–H and O–H groups in total. The number of ether oxygens (including phenoxy) is 1. The standard InChI is InChI=1S/C21H20ClFN6O2/c1-13(23)16-11-31-20(30)29(16)18-6-9-24-19(26-18)27-21(7-8-21)17-10-28(12-25-17)15-4-2-14(22)3-5-15/h2-6,9-10,12-13,16H,7-8,11H2,1H3,(H,24,26,27)/t13-,16+/m0/s1. The third-order valence-corrected chi connectivity index (χ3v) is 5.87. The van der Waals surface area contributed by atoms with Crippen LogP contribution in [0, 0.1) is 0 Å². The largest absolute Gasteiger partial charge is 0.447 e. The Kier molecular flexibility index (Phi) is 4.77. The van der Waals surface area contributed by atoms with Crippen LogP contribution in [0.4, 0.5) is 21.0 Å². The van der Waals surface area contributed by atoms with Crippen LogP contribution in [0.15, 0.2) is 49.1 Å². The predicted molar refractivity (Wildman–Crippen MR) is 113 cm³/mol. The van der Waals surface area contributed by atoms with Gasteiger partial charge in [-0.05, 0) is 50.1 Å². The average molecular weight is 443 g/mol. The minimum absolute atomic E-state index is 0.00463. The normalized spacial score (nSPS) is 20.4. The molecule has 3 heterocycles. The molecule has 10 heteroatoms. The Labute approximate surface area is 183 Å². The summed E-state index contributed by atoms with van der Waals surface area (Å²) in [5.41, 5.74) is 1.44. The van der Waals surface area contributed by atoms with E-state index in [-0.39, 0.29) is 12.1 Å². The van der Waals surface area contributed by atoms with E-state index in [1.54, 1.807) is 18.6 Å². The van der Waals surface area contributed by atoms with Crippen molar-refractivity contribution in [3.63, 3.8) is 0 Å². The van der Waals surface area contributed by atoms with Crippen LogP contribution < -0.4 is 10.2 Å². The minimum Gasteiger partial charge on any atom is -0.447 e. The molecule has 0 radical (unpaired) electrons. The number of hydrogen-bond donors (Lipinski definition) is 1.